The predicted molar refractivity (Wildman–Crippen MR) is 76.7 cm³/mol. The van der Waals surface area contributed by atoms with Gasteiger partial charge < -0.3 is 5.73 Å². The normalized spacial score (nSPS) is 39.1. The lowest BCUT2D eigenvalue weighted by Crippen LogP contribution is -2.04. The van der Waals surface area contributed by atoms with Crippen molar-refractivity contribution in [3.05, 3.63) is 11.3 Å². The monoisotopic (exact) mass is 259 g/mol. The number of hydrogen-bond donors (Lipinski definition) is 1. The molecule has 0 radical (unpaired) electrons. The lowest BCUT2D eigenvalue weighted by Gasteiger charge is -2.10. The van der Waals surface area contributed by atoms with Gasteiger partial charge in [0.1, 0.15) is 5.82 Å². The minimum atomic E-state index is 0.653. The molecule has 0 spiro atoms. The standard InChI is InChI=1S/C16H25N3/c1-8(2)6-11-15(18-19(3)16(11)17)14-12-9-4-5-10(7-9)13(12)14/h8-10,12-14H,4-7,17H2,1-3H3. The Morgan fingerprint density at radius 3 is 2.47 bits per heavy atom. The quantitative estimate of drug-likeness (QED) is 0.907. The number of rotatable bonds is 3. The average Bonchev–Trinajstić information content (AvgIpc) is 2.65. The van der Waals surface area contributed by atoms with Gasteiger partial charge in [0, 0.05) is 18.5 Å². The first-order valence-corrected chi connectivity index (χ1v) is 7.89. The van der Waals surface area contributed by atoms with Crippen LogP contribution in [0.15, 0.2) is 0 Å². The third kappa shape index (κ3) is 1.53. The molecular weight excluding hydrogens is 234 g/mol. The fraction of sp³-hybridized carbons (Fsp3) is 0.812. The van der Waals surface area contributed by atoms with Gasteiger partial charge in [0.2, 0.25) is 0 Å². The first-order chi connectivity index (χ1) is 9.08. The predicted octanol–water partition coefficient (Wildman–Crippen LogP) is 2.96. The summed E-state index contributed by atoms with van der Waals surface area (Å²) in [6.45, 7) is 4.54. The van der Waals surface area contributed by atoms with E-state index >= 15 is 0 Å². The van der Waals surface area contributed by atoms with Crippen molar-refractivity contribution in [2.45, 2.75) is 45.4 Å². The summed E-state index contributed by atoms with van der Waals surface area (Å²) in [6, 6.07) is 0. The molecule has 1 aromatic rings. The minimum Gasteiger partial charge on any atom is -0.384 e. The van der Waals surface area contributed by atoms with Crippen LogP contribution in [0, 0.1) is 29.6 Å². The average molecular weight is 259 g/mol. The molecule has 3 aliphatic carbocycles. The van der Waals surface area contributed by atoms with Gasteiger partial charge in [-0.3, -0.25) is 4.68 Å². The molecule has 2 N–H and O–H groups in total. The van der Waals surface area contributed by atoms with Crippen LogP contribution < -0.4 is 5.73 Å². The third-order valence-corrected chi connectivity index (χ3v) is 5.89. The van der Waals surface area contributed by atoms with Crippen LogP contribution in [0.1, 0.15) is 50.3 Å². The zero-order chi connectivity index (χ0) is 13.3. The SMILES string of the molecule is CC(C)Cc1c(C2C3C4CCC(C4)C23)nn(C)c1N. The van der Waals surface area contributed by atoms with Crippen LogP contribution in [0.3, 0.4) is 0 Å². The number of nitrogens with zero attached hydrogens (tertiary/aromatic N) is 2. The Morgan fingerprint density at radius 2 is 1.89 bits per heavy atom. The molecule has 0 amide bonds. The smallest absolute Gasteiger partial charge is 0.124 e. The Morgan fingerprint density at radius 1 is 1.26 bits per heavy atom. The van der Waals surface area contributed by atoms with Crippen LogP contribution >= 0.6 is 0 Å². The molecule has 3 nitrogen and oxygen atoms in total. The molecule has 0 aliphatic heterocycles. The van der Waals surface area contributed by atoms with Crippen molar-refractivity contribution >= 4 is 5.82 Å². The van der Waals surface area contributed by atoms with Gasteiger partial charge in [-0.2, -0.15) is 5.10 Å². The number of nitrogen functional groups attached to an aromatic ring is 1. The summed E-state index contributed by atoms with van der Waals surface area (Å²) in [6.07, 6.45) is 5.54. The summed E-state index contributed by atoms with van der Waals surface area (Å²) in [5, 5.41) is 4.80. The molecule has 19 heavy (non-hydrogen) atoms. The van der Waals surface area contributed by atoms with Gasteiger partial charge in [-0.15, -0.1) is 0 Å². The highest BCUT2D eigenvalue weighted by Crippen LogP contribution is 2.73. The molecule has 1 heterocycles. The number of fused-ring (bicyclic) bond motifs is 5. The van der Waals surface area contributed by atoms with Crippen LogP contribution in [0.4, 0.5) is 5.82 Å². The lowest BCUT2D eigenvalue weighted by molar-refractivity contribution is 0.456. The molecule has 3 fully saturated rings. The topological polar surface area (TPSA) is 43.8 Å². The molecule has 0 saturated heterocycles. The molecule has 0 aromatic carbocycles. The zero-order valence-electron chi connectivity index (χ0n) is 12.3. The number of hydrogen-bond acceptors (Lipinski definition) is 2. The molecule has 3 aliphatic rings. The maximum absolute atomic E-state index is 6.25. The second-order valence-corrected chi connectivity index (χ2v) is 7.48. The Hall–Kier alpha value is -0.990. The van der Waals surface area contributed by atoms with Gasteiger partial charge in [-0.05, 0) is 55.3 Å². The second-order valence-electron chi connectivity index (χ2n) is 7.48. The van der Waals surface area contributed by atoms with E-state index in [0.29, 0.717) is 5.92 Å². The van der Waals surface area contributed by atoms with Crippen molar-refractivity contribution in [2.75, 3.05) is 5.73 Å². The van der Waals surface area contributed by atoms with E-state index in [1.54, 1.807) is 0 Å². The summed E-state index contributed by atoms with van der Waals surface area (Å²) in [7, 11) is 2.00. The van der Waals surface area contributed by atoms with Crippen molar-refractivity contribution < 1.29 is 0 Å². The Kier molecular flexibility index (Phi) is 2.34. The van der Waals surface area contributed by atoms with E-state index in [1.807, 2.05) is 11.7 Å². The van der Waals surface area contributed by atoms with E-state index in [0.717, 1.165) is 41.8 Å². The minimum absolute atomic E-state index is 0.653. The van der Waals surface area contributed by atoms with Crippen molar-refractivity contribution in [1.29, 1.82) is 0 Å². The summed E-state index contributed by atoms with van der Waals surface area (Å²) in [4.78, 5) is 0. The molecule has 1 aromatic heterocycles. The van der Waals surface area contributed by atoms with Crippen LogP contribution in [-0.4, -0.2) is 9.78 Å². The van der Waals surface area contributed by atoms with Gasteiger partial charge in [0.15, 0.2) is 0 Å². The Bertz CT molecular complexity index is 500. The maximum Gasteiger partial charge on any atom is 0.124 e. The summed E-state index contributed by atoms with van der Waals surface area (Å²) < 4.78 is 1.91. The zero-order valence-corrected chi connectivity index (χ0v) is 12.3. The summed E-state index contributed by atoms with van der Waals surface area (Å²) in [5.41, 5.74) is 8.97. The number of anilines is 1. The molecule has 4 rings (SSSR count). The maximum atomic E-state index is 6.25. The molecule has 4 atom stereocenters. The van der Waals surface area contributed by atoms with E-state index in [1.165, 1.54) is 30.5 Å². The molecule has 4 unspecified atom stereocenters. The van der Waals surface area contributed by atoms with Crippen molar-refractivity contribution in [2.24, 2.45) is 36.6 Å². The van der Waals surface area contributed by atoms with E-state index in [-0.39, 0.29) is 0 Å². The second kappa shape index (κ2) is 3.77. The van der Waals surface area contributed by atoms with Gasteiger partial charge in [0.25, 0.3) is 0 Å². The van der Waals surface area contributed by atoms with Gasteiger partial charge in [0.05, 0.1) is 5.69 Å². The first-order valence-electron chi connectivity index (χ1n) is 7.89. The number of aryl methyl sites for hydroxylation is 1. The lowest BCUT2D eigenvalue weighted by atomic mass is 9.95. The number of nitrogens with two attached hydrogens (primary N) is 1. The van der Waals surface area contributed by atoms with Crippen LogP contribution in [0.5, 0.6) is 0 Å². The first kappa shape index (κ1) is 11.8. The van der Waals surface area contributed by atoms with Crippen molar-refractivity contribution in [3.8, 4) is 0 Å². The van der Waals surface area contributed by atoms with Gasteiger partial charge in [-0.25, -0.2) is 0 Å². The van der Waals surface area contributed by atoms with E-state index in [2.05, 4.69) is 13.8 Å². The Balaban J connectivity index is 1.67. The highest BCUT2D eigenvalue weighted by atomic mass is 15.3. The van der Waals surface area contributed by atoms with Crippen molar-refractivity contribution in [1.82, 2.24) is 9.78 Å². The molecular formula is C16H25N3. The van der Waals surface area contributed by atoms with Crippen molar-refractivity contribution in [3.63, 3.8) is 0 Å². The summed E-state index contributed by atoms with van der Waals surface area (Å²) in [5.74, 6) is 6.24. The van der Waals surface area contributed by atoms with Gasteiger partial charge in [-0.1, -0.05) is 13.8 Å². The Labute approximate surface area is 115 Å². The fourth-order valence-electron chi connectivity index (χ4n) is 5.18. The summed E-state index contributed by atoms with van der Waals surface area (Å²) >= 11 is 0. The molecule has 104 valence electrons. The highest BCUT2D eigenvalue weighted by molar-refractivity contribution is 5.48. The van der Waals surface area contributed by atoms with Crippen LogP contribution in [-0.2, 0) is 13.5 Å². The third-order valence-electron chi connectivity index (χ3n) is 5.89. The fourth-order valence-corrected chi connectivity index (χ4v) is 5.18. The van der Waals surface area contributed by atoms with Crippen LogP contribution in [0.2, 0.25) is 0 Å². The number of aromatic nitrogens is 2. The molecule has 3 heteroatoms. The van der Waals surface area contributed by atoms with Crippen LogP contribution in [0.25, 0.3) is 0 Å². The van der Waals surface area contributed by atoms with E-state index in [4.69, 9.17) is 10.8 Å². The molecule has 2 bridgehead atoms. The molecule has 3 saturated carbocycles. The van der Waals surface area contributed by atoms with E-state index < -0.39 is 0 Å². The highest BCUT2D eigenvalue weighted by Gasteiger charge is 2.66. The van der Waals surface area contributed by atoms with Gasteiger partial charge >= 0.3 is 0 Å². The largest absolute Gasteiger partial charge is 0.384 e. The van der Waals surface area contributed by atoms with E-state index in [9.17, 15) is 0 Å².